The van der Waals surface area contributed by atoms with Crippen molar-refractivity contribution < 1.29 is 8.42 Å². The lowest BCUT2D eigenvalue weighted by molar-refractivity contribution is 0.436. The van der Waals surface area contributed by atoms with Gasteiger partial charge in [-0.25, -0.2) is 8.42 Å². The van der Waals surface area contributed by atoms with Gasteiger partial charge in [0.05, 0.1) is 11.0 Å². The van der Waals surface area contributed by atoms with Gasteiger partial charge in [-0.1, -0.05) is 57.5 Å². The van der Waals surface area contributed by atoms with Crippen molar-refractivity contribution in [2.45, 2.75) is 63.5 Å². The van der Waals surface area contributed by atoms with Crippen molar-refractivity contribution in [1.29, 1.82) is 0 Å². The number of rotatable bonds is 10. The Kier molecular flexibility index (Phi) is 7.97. The SMILES string of the molecule is CCCNC(CCC)C(CC)S(=O)(=O)Cc1ccccc1. The maximum Gasteiger partial charge on any atom is 0.158 e. The van der Waals surface area contributed by atoms with Crippen LogP contribution in [0.25, 0.3) is 0 Å². The molecule has 4 heteroatoms. The largest absolute Gasteiger partial charge is 0.313 e. The summed E-state index contributed by atoms with van der Waals surface area (Å²) in [7, 11) is -3.14. The van der Waals surface area contributed by atoms with E-state index in [1.807, 2.05) is 37.3 Å². The maximum atomic E-state index is 12.8. The highest BCUT2D eigenvalue weighted by molar-refractivity contribution is 7.91. The molecule has 0 fully saturated rings. The summed E-state index contributed by atoms with van der Waals surface area (Å²) < 4.78 is 25.5. The molecule has 3 nitrogen and oxygen atoms in total. The van der Waals surface area contributed by atoms with Crippen molar-refractivity contribution >= 4 is 9.84 Å². The first-order valence-electron chi connectivity index (χ1n) is 8.04. The molecule has 0 heterocycles. The predicted octanol–water partition coefficient (Wildman–Crippen LogP) is 3.55. The monoisotopic (exact) mass is 311 g/mol. The minimum atomic E-state index is -3.14. The molecule has 0 aliphatic carbocycles. The maximum absolute atomic E-state index is 12.8. The summed E-state index contributed by atoms with van der Waals surface area (Å²) in [6, 6.07) is 9.54. The lowest BCUT2D eigenvalue weighted by Crippen LogP contribution is -2.44. The molecule has 2 atom stereocenters. The molecule has 0 saturated carbocycles. The van der Waals surface area contributed by atoms with E-state index in [1.165, 1.54) is 0 Å². The fourth-order valence-electron chi connectivity index (χ4n) is 2.76. The van der Waals surface area contributed by atoms with Crippen LogP contribution in [0, 0.1) is 0 Å². The summed E-state index contributed by atoms with van der Waals surface area (Å²) in [5.74, 6) is 0.139. The quantitative estimate of drug-likeness (QED) is 0.719. The number of hydrogen-bond donors (Lipinski definition) is 1. The van der Waals surface area contributed by atoms with Crippen LogP contribution in [-0.4, -0.2) is 26.3 Å². The third kappa shape index (κ3) is 5.79. The van der Waals surface area contributed by atoms with Crippen LogP contribution in [0.3, 0.4) is 0 Å². The van der Waals surface area contributed by atoms with Gasteiger partial charge < -0.3 is 5.32 Å². The Balaban J connectivity index is 2.88. The first-order valence-corrected chi connectivity index (χ1v) is 9.75. The second-order valence-corrected chi connectivity index (χ2v) is 7.81. The molecule has 0 bridgehead atoms. The van der Waals surface area contributed by atoms with Gasteiger partial charge in [-0.2, -0.15) is 0 Å². The molecule has 1 aromatic rings. The van der Waals surface area contributed by atoms with E-state index in [0.29, 0.717) is 6.42 Å². The van der Waals surface area contributed by atoms with E-state index in [1.54, 1.807) is 0 Å². The van der Waals surface area contributed by atoms with Crippen molar-refractivity contribution in [3.05, 3.63) is 35.9 Å². The van der Waals surface area contributed by atoms with Crippen LogP contribution in [0.1, 0.15) is 52.0 Å². The highest BCUT2D eigenvalue weighted by Gasteiger charge is 2.31. The standard InChI is InChI=1S/C17H29NO2S/c1-4-10-16(18-13-5-2)17(6-3)21(19,20)14-15-11-8-7-9-12-15/h7-9,11-12,16-18H,4-6,10,13-14H2,1-3H3. The number of nitrogens with one attached hydrogen (secondary N) is 1. The van der Waals surface area contributed by atoms with Crippen LogP contribution < -0.4 is 5.32 Å². The topological polar surface area (TPSA) is 46.2 Å². The summed E-state index contributed by atoms with van der Waals surface area (Å²) in [6.07, 6.45) is 3.59. The molecule has 0 aliphatic heterocycles. The number of sulfone groups is 1. The van der Waals surface area contributed by atoms with Gasteiger partial charge in [0, 0.05) is 6.04 Å². The third-order valence-corrected chi connectivity index (χ3v) is 6.10. The summed E-state index contributed by atoms with van der Waals surface area (Å²) in [5.41, 5.74) is 0.877. The Morgan fingerprint density at radius 2 is 1.71 bits per heavy atom. The zero-order chi connectivity index (χ0) is 15.7. The summed E-state index contributed by atoms with van der Waals surface area (Å²) in [5, 5.41) is 3.13. The molecule has 21 heavy (non-hydrogen) atoms. The first-order chi connectivity index (χ1) is 10.0. The summed E-state index contributed by atoms with van der Waals surface area (Å²) in [6.45, 7) is 7.07. The predicted molar refractivity (Wildman–Crippen MR) is 90.1 cm³/mol. The van der Waals surface area contributed by atoms with Crippen LogP contribution in [0.2, 0.25) is 0 Å². The van der Waals surface area contributed by atoms with Gasteiger partial charge in [-0.3, -0.25) is 0 Å². The molecule has 0 aromatic heterocycles. The van der Waals surface area contributed by atoms with Crippen molar-refractivity contribution in [2.75, 3.05) is 6.54 Å². The first kappa shape index (κ1) is 18.2. The van der Waals surface area contributed by atoms with E-state index in [9.17, 15) is 8.42 Å². The molecule has 1 rings (SSSR count). The fraction of sp³-hybridized carbons (Fsp3) is 0.647. The van der Waals surface area contributed by atoms with Gasteiger partial charge >= 0.3 is 0 Å². The highest BCUT2D eigenvalue weighted by Crippen LogP contribution is 2.19. The van der Waals surface area contributed by atoms with Crippen LogP contribution >= 0.6 is 0 Å². The average Bonchev–Trinajstić information content (AvgIpc) is 2.45. The Hall–Kier alpha value is -0.870. The van der Waals surface area contributed by atoms with Crippen molar-refractivity contribution in [3.63, 3.8) is 0 Å². The van der Waals surface area contributed by atoms with E-state index in [0.717, 1.165) is 31.4 Å². The van der Waals surface area contributed by atoms with Gasteiger partial charge in [-0.05, 0) is 31.4 Å². The van der Waals surface area contributed by atoms with E-state index < -0.39 is 9.84 Å². The van der Waals surface area contributed by atoms with Gasteiger partial charge in [0.25, 0.3) is 0 Å². The summed E-state index contributed by atoms with van der Waals surface area (Å²) >= 11 is 0. The van der Waals surface area contributed by atoms with E-state index in [4.69, 9.17) is 0 Å². The smallest absolute Gasteiger partial charge is 0.158 e. The van der Waals surface area contributed by atoms with E-state index in [2.05, 4.69) is 19.2 Å². The van der Waals surface area contributed by atoms with Gasteiger partial charge in [-0.15, -0.1) is 0 Å². The van der Waals surface area contributed by atoms with Crippen LogP contribution in [-0.2, 0) is 15.6 Å². The zero-order valence-electron chi connectivity index (χ0n) is 13.5. The third-order valence-electron chi connectivity index (χ3n) is 3.78. The lowest BCUT2D eigenvalue weighted by Gasteiger charge is -2.27. The van der Waals surface area contributed by atoms with Crippen molar-refractivity contribution in [1.82, 2.24) is 5.32 Å². The molecular weight excluding hydrogens is 282 g/mol. The highest BCUT2D eigenvalue weighted by atomic mass is 32.2. The summed E-state index contributed by atoms with van der Waals surface area (Å²) in [4.78, 5) is 0. The van der Waals surface area contributed by atoms with Crippen LogP contribution in [0.5, 0.6) is 0 Å². The average molecular weight is 311 g/mol. The Morgan fingerprint density at radius 1 is 1.05 bits per heavy atom. The van der Waals surface area contributed by atoms with Crippen LogP contribution in [0.4, 0.5) is 0 Å². The molecule has 2 unspecified atom stereocenters. The molecule has 1 N–H and O–H groups in total. The minimum absolute atomic E-state index is 0.0636. The van der Waals surface area contributed by atoms with E-state index >= 15 is 0 Å². The Bertz CT molecular complexity index is 485. The van der Waals surface area contributed by atoms with Crippen LogP contribution in [0.15, 0.2) is 30.3 Å². The molecular formula is C17H29NO2S. The molecule has 1 aromatic carbocycles. The Labute approximate surface area is 130 Å². The minimum Gasteiger partial charge on any atom is -0.313 e. The van der Waals surface area contributed by atoms with Gasteiger partial charge in [0.15, 0.2) is 9.84 Å². The van der Waals surface area contributed by atoms with Crippen molar-refractivity contribution in [2.24, 2.45) is 0 Å². The second-order valence-electron chi connectivity index (χ2n) is 5.59. The molecule has 0 spiro atoms. The normalized spacial score (nSPS) is 14.8. The number of benzene rings is 1. The van der Waals surface area contributed by atoms with Crippen molar-refractivity contribution in [3.8, 4) is 0 Å². The van der Waals surface area contributed by atoms with Gasteiger partial charge in [0.2, 0.25) is 0 Å². The lowest BCUT2D eigenvalue weighted by atomic mass is 10.1. The Morgan fingerprint density at radius 3 is 2.24 bits per heavy atom. The molecule has 0 saturated heterocycles. The van der Waals surface area contributed by atoms with Gasteiger partial charge in [0.1, 0.15) is 0 Å². The zero-order valence-corrected chi connectivity index (χ0v) is 14.3. The molecule has 0 amide bonds. The molecule has 0 radical (unpaired) electrons. The van der Waals surface area contributed by atoms with E-state index in [-0.39, 0.29) is 17.0 Å². The molecule has 120 valence electrons. The molecule has 0 aliphatic rings. The fourth-order valence-corrected chi connectivity index (χ4v) is 4.87. The second kappa shape index (κ2) is 9.21. The number of hydrogen-bond acceptors (Lipinski definition) is 3.